The minimum absolute atomic E-state index is 0.0476. The third-order valence-electron chi connectivity index (χ3n) is 4.71. The number of fused-ring (bicyclic) bond motifs is 1. The fourth-order valence-electron chi connectivity index (χ4n) is 3.30. The molecular formula is C17H26N6O2. The van der Waals surface area contributed by atoms with E-state index in [9.17, 15) is 9.90 Å². The van der Waals surface area contributed by atoms with Gasteiger partial charge >= 0.3 is 0 Å². The summed E-state index contributed by atoms with van der Waals surface area (Å²) in [4.78, 5) is 29.1. The Hall–Kier alpha value is -2.22. The number of aliphatic hydroxyl groups is 1. The molecule has 3 heterocycles. The number of likely N-dealkylation sites (N-methyl/N-ethyl adjacent to an activating group) is 1. The average molecular weight is 346 g/mol. The van der Waals surface area contributed by atoms with Crippen molar-refractivity contribution in [1.82, 2.24) is 24.4 Å². The van der Waals surface area contributed by atoms with Crippen molar-refractivity contribution >= 4 is 22.9 Å². The van der Waals surface area contributed by atoms with Gasteiger partial charge in [-0.25, -0.2) is 15.0 Å². The molecule has 2 aromatic heterocycles. The Morgan fingerprint density at radius 1 is 1.20 bits per heavy atom. The van der Waals surface area contributed by atoms with Gasteiger partial charge in [-0.1, -0.05) is 13.8 Å². The van der Waals surface area contributed by atoms with Crippen LogP contribution in [0, 0.1) is 5.92 Å². The van der Waals surface area contributed by atoms with Gasteiger partial charge in [0.05, 0.1) is 19.0 Å². The Balaban J connectivity index is 1.94. The summed E-state index contributed by atoms with van der Waals surface area (Å²) in [6.45, 7) is 6.32. The Bertz CT molecular complexity index is 744. The topological polar surface area (TPSA) is 87.4 Å². The lowest BCUT2D eigenvalue weighted by molar-refractivity contribution is -0.129. The normalized spacial score (nSPS) is 17.4. The molecule has 0 unspecified atom stereocenters. The first kappa shape index (κ1) is 17.6. The predicted octanol–water partition coefficient (Wildman–Crippen LogP) is 1.07. The minimum Gasteiger partial charge on any atom is -0.394 e. The lowest BCUT2D eigenvalue weighted by atomic mass is 10.0. The number of rotatable bonds is 5. The molecule has 0 radical (unpaired) electrons. The first-order valence-corrected chi connectivity index (χ1v) is 8.78. The van der Waals surface area contributed by atoms with E-state index in [1.165, 1.54) is 6.33 Å². The van der Waals surface area contributed by atoms with E-state index in [-0.39, 0.29) is 18.6 Å². The van der Waals surface area contributed by atoms with Gasteiger partial charge < -0.3 is 19.5 Å². The zero-order chi connectivity index (χ0) is 18.0. The number of nitrogens with zero attached hydrogens (tertiary/aromatic N) is 6. The largest absolute Gasteiger partial charge is 0.394 e. The molecule has 1 N–H and O–H groups in total. The van der Waals surface area contributed by atoms with Crippen LogP contribution < -0.4 is 4.90 Å². The maximum absolute atomic E-state index is 11.9. The van der Waals surface area contributed by atoms with E-state index < -0.39 is 0 Å². The monoisotopic (exact) mass is 346 g/mol. The summed E-state index contributed by atoms with van der Waals surface area (Å²) in [6.07, 6.45) is 4.59. The highest BCUT2D eigenvalue weighted by Gasteiger charge is 2.23. The number of anilines is 1. The van der Waals surface area contributed by atoms with Crippen molar-refractivity contribution in [2.75, 3.05) is 38.2 Å². The number of amides is 1. The van der Waals surface area contributed by atoms with Crippen molar-refractivity contribution in [3.8, 4) is 0 Å². The molecule has 0 bridgehead atoms. The summed E-state index contributed by atoms with van der Waals surface area (Å²) in [7, 11) is 1.83. The van der Waals surface area contributed by atoms with Crippen LogP contribution in [0.3, 0.4) is 0 Å². The van der Waals surface area contributed by atoms with Crippen LogP contribution >= 0.6 is 0 Å². The van der Waals surface area contributed by atoms with Gasteiger partial charge in [0.15, 0.2) is 17.0 Å². The third kappa shape index (κ3) is 3.58. The number of carbonyl (C=O) groups is 1. The predicted molar refractivity (Wildman–Crippen MR) is 95.4 cm³/mol. The Morgan fingerprint density at radius 2 is 2.00 bits per heavy atom. The van der Waals surface area contributed by atoms with Gasteiger partial charge in [0.2, 0.25) is 5.91 Å². The molecule has 0 spiro atoms. The van der Waals surface area contributed by atoms with Crippen LogP contribution in [-0.4, -0.2) is 68.7 Å². The van der Waals surface area contributed by atoms with Crippen LogP contribution in [0.15, 0.2) is 12.7 Å². The van der Waals surface area contributed by atoms with Gasteiger partial charge in [-0.3, -0.25) is 4.79 Å². The molecule has 0 saturated carbocycles. The molecule has 1 saturated heterocycles. The third-order valence-corrected chi connectivity index (χ3v) is 4.71. The standard InChI is InChI=1S/C17H26N6O2/c1-12(2)8-13(9-24)23-11-20-15-16(18-10-19-17(15)23)22-5-4-14(25)21(3)6-7-22/h10-13,24H,4-9H2,1-3H3/t13-/m1/s1. The lowest BCUT2D eigenvalue weighted by Gasteiger charge is -2.22. The fourth-order valence-corrected chi connectivity index (χ4v) is 3.30. The highest BCUT2D eigenvalue weighted by atomic mass is 16.3. The number of hydrogen-bond donors (Lipinski definition) is 1. The van der Waals surface area contributed by atoms with Crippen molar-refractivity contribution in [3.63, 3.8) is 0 Å². The van der Waals surface area contributed by atoms with E-state index in [4.69, 9.17) is 0 Å². The van der Waals surface area contributed by atoms with Crippen molar-refractivity contribution in [2.45, 2.75) is 32.7 Å². The van der Waals surface area contributed by atoms with E-state index in [1.807, 2.05) is 11.6 Å². The smallest absolute Gasteiger partial charge is 0.224 e. The van der Waals surface area contributed by atoms with E-state index in [2.05, 4.69) is 33.7 Å². The quantitative estimate of drug-likeness (QED) is 0.871. The minimum atomic E-state index is -0.0513. The van der Waals surface area contributed by atoms with E-state index >= 15 is 0 Å². The number of aliphatic hydroxyl groups excluding tert-OH is 1. The van der Waals surface area contributed by atoms with Crippen molar-refractivity contribution in [1.29, 1.82) is 0 Å². The van der Waals surface area contributed by atoms with Gasteiger partial charge in [-0.2, -0.15) is 0 Å². The number of aromatic nitrogens is 4. The molecule has 0 aromatic carbocycles. The molecule has 1 aliphatic rings. The maximum Gasteiger partial charge on any atom is 0.224 e. The molecular weight excluding hydrogens is 320 g/mol. The van der Waals surface area contributed by atoms with Crippen molar-refractivity contribution < 1.29 is 9.90 Å². The molecule has 1 atom stereocenters. The second kappa shape index (κ2) is 7.35. The number of imidazole rings is 1. The fraction of sp³-hybridized carbons (Fsp3) is 0.647. The lowest BCUT2D eigenvalue weighted by Crippen LogP contribution is -2.30. The molecule has 1 aliphatic heterocycles. The van der Waals surface area contributed by atoms with Crippen LogP contribution in [-0.2, 0) is 4.79 Å². The van der Waals surface area contributed by atoms with E-state index in [0.29, 0.717) is 25.4 Å². The van der Waals surface area contributed by atoms with Crippen LogP contribution in [0.4, 0.5) is 5.82 Å². The number of carbonyl (C=O) groups excluding carboxylic acids is 1. The molecule has 1 fully saturated rings. The maximum atomic E-state index is 11.9. The van der Waals surface area contributed by atoms with Crippen LogP contribution in [0.5, 0.6) is 0 Å². The zero-order valence-electron chi connectivity index (χ0n) is 15.1. The van der Waals surface area contributed by atoms with Gasteiger partial charge in [-0.15, -0.1) is 0 Å². The van der Waals surface area contributed by atoms with E-state index in [1.54, 1.807) is 11.2 Å². The summed E-state index contributed by atoms with van der Waals surface area (Å²) in [6, 6.07) is -0.0513. The van der Waals surface area contributed by atoms with Crippen molar-refractivity contribution in [3.05, 3.63) is 12.7 Å². The van der Waals surface area contributed by atoms with Gasteiger partial charge in [0.25, 0.3) is 0 Å². The Morgan fingerprint density at radius 3 is 2.72 bits per heavy atom. The molecule has 3 rings (SSSR count). The highest BCUT2D eigenvalue weighted by Crippen LogP contribution is 2.26. The molecule has 2 aromatic rings. The number of hydrogen-bond acceptors (Lipinski definition) is 6. The second-order valence-corrected chi connectivity index (χ2v) is 7.04. The van der Waals surface area contributed by atoms with Crippen molar-refractivity contribution in [2.24, 2.45) is 5.92 Å². The zero-order valence-corrected chi connectivity index (χ0v) is 15.1. The summed E-state index contributed by atoms with van der Waals surface area (Å²) in [5.74, 6) is 1.37. The van der Waals surface area contributed by atoms with Crippen LogP contribution in [0.1, 0.15) is 32.7 Å². The second-order valence-electron chi connectivity index (χ2n) is 7.04. The molecule has 136 valence electrons. The molecule has 8 heteroatoms. The summed E-state index contributed by atoms with van der Waals surface area (Å²) >= 11 is 0. The Kier molecular flexibility index (Phi) is 5.17. The summed E-state index contributed by atoms with van der Waals surface area (Å²) in [5.41, 5.74) is 1.45. The van der Waals surface area contributed by atoms with Crippen LogP contribution in [0.25, 0.3) is 11.2 Å². The summed E-state index contributed by atoms with van der Waals surface area (Å²) in [5, 5.41) is 9.77. The Labute approximate surface area is 147 Å². The average Bonchev–Trinajstić information content (AvgIpc) is 2.95. The van der Waals surface area contributed by atoms with Crippen LogP contribution in [0.2, 0.25) is 0 Å². The summed E-state index contributed by atoms with van der Waals surface area (Å²) < 4.78 is 1.94. The first-order valence-electron chi connectivity index (χ1n) is 8.78. The first-order chi connectivity index (χ1) is 12.0. The van der Waals surface area contributed by atoms with Gasteiger partial charge in [0, 0.05) is 33.1 Å². The van der Waals surface area contributed by atoms with Gasteiger partial charge in [0.1, 0.15) is 6.33 Å². The highest BCUT2D eigenvalue weighted by molar-refractivity contribution is 5.84. The molecule has 8 nitrogen and oxygen atoms in total. The van der Waals surface area contributed by atoms with Gasteiger partial charge in [-0.05, 0) is 12.3 Å². The molecule has 25 heavy (non-hydrogen) atoms. The SMILES string of the molecule is CC(C)C[C@H](CO)n1cnc2c(N3CCC(=O)N(C)CC3)ncnc21. The molecule has 1 amide bonds. The van der Waals surface area contributed by atoms with E-state index in [0.717, 1.165) is 29.9 Å². The molecule has 0 aliphatic carbocycles.